The van der Waals surface area contributed by atoms with Gasteiger partial charge < -0.3 is 9.80 Å². The predicted octanol–water partition coefficient (Wildman–Crippen LogP) is 2.89. The lowest BCUT2D eigenvalue weighted by molar-refractivity contribution is 0.726. The summed E-state index contributed by atoms with van der Waals surface area (Å²) in [6.45, 7) is 2.92. The molecular weight excluding hydrogens is 274 g/mol. The van der Waals surface area contributed by atoms with Gasteiger partial charge in [-0.2, -0.15) is 10.1 Å². The SMILES string of the molecule is CN(Cc1ccccc1)c1nncc(N2CCCCCC2)n1. The average molecular weight is 297 g/mol. The van der Waals surface area contributed by atoms with Crippen molar-refractivity contribution in [3.05, 3.63) is 42.1 Å². The Morgan fingerprint density at radius 1 is 1.05 bits per heavy atom. The summed E-state index contributed by atoms with van der Waals surface area (Å²) in [6, 6.07) is 10.4. The quantitative estimate of drug-likeness (QED) is 0.868. The maximum absolute atomic E-state index is 4.71. The van der Waals surface area contributed by atoms with Gasteiger partial charge in [0.2, 0.25) is 5.95 Å². The number of rotatable bonds is 4. The van der Waals surface area contributed by atoms with Crippen LogP contribution < -0.4 is 9.80 Å². The van der Waals surface area contributed by atoms with Gasteiger partial charge in [-0.25, -0.2) is 0 Å². The fourth-order valence-corrected chi connectivity index (χ4v) is 2.83. The highest BCUT2D eigenvalue weighted by molar-refractivity contribution is 5.41. The topological polar surface area (TPSA) is 45.2 Å². The summed E-state index contributed by atoms with van der Waals surface area (Å²) in [6.07, 6.45) is 6.88. The van der Waals surface area contributed by atoms with Gasteiger partial charge in [-0.15, -0.1) is 5.10 Å². The number of nitrogens with zero attached hydrogens (tertiary/aromatic N) is 5. The highest BCUT2D eigenvalue weighted by Gasteiger charge is 2.14. The molecule has 116 valence electrons. The fourth-order valence-electron chi connectivity index (χ4n) is 2.83. The van der Waals surface area contributed by atoms with E-state index in [1.54, 1.807) is 6.20 Å². The van der Waals surface area contributed by atoms with Crippen molar-refractivity contribution in [3.63, 3.8) is 0 Å². The van der Waals surface area contributed by atoms with Gasteiger partial charge in [-0.3, -0.25) is 0 Å². The molecule has 0 aliphatic carbocycles. The zero-order valence-electron chi connectivity index (χ0n) is 13.1. The molecule has 0 amide bonds. The maximum Gasteiger partial charge on any atom is 0.247 e. The van der Waals surface area contributed by atoms with Gasteiger partial charge in [-0.1, -0.05) is 43.2 Å². The molecular formula is C17H23N5. The molecule has 0 N–H and O–H groups in total. The summed E-state index contributed by atoms with van der Waals surface area (Å²) in [5.41, 5.74) is 1.24. The van der Waals surface area contributed by atoms with Gasteiger partial charge in [0, 0.05) is 26.7 Å². The van der Waals surface area contributed by atoms with Gasteiger partial charge in [-0.05, 0) is 18.4 Å². The summed E-state index contributed by atoms with van der Waals surface area (Å²) in [7, 11) is 2.01. The number of hydrogen-bond donors (Lipinski definition) is 0. The number of benzene rings is 1. The summed E-state index contributed by atoms with van der Waals surface area (Å²) < 4.78 is 0. The molecule has 3 rings (SSSR count). The molecule has 1 fully saturated rings. The van der Waals surface area contributed by atoms with Crippen molar-refractivity contribution in [2.75, 3.05) is 29.9 Å². The summed E-state index contributed by atoms with van der Waals surface area (Å²) in [5.74, 6) is 1.64. The zero-order valence-corrected chi connectivity index (χ0v) is 13.1. The Balaban J connectivity index is 1.72. The first-order chi connectivity index (χ1) is 10.8. The highest BCUT2D eigenvalue weighted by Crippen LogP contribution is 2.18. The van der Waals surface area contributed by atoms with Crippen molar-refractivity contribution < 1.29 is 0 Å². The van der Waals surface area contributed by atoms with E-state index in [-0.39, 0.29) is 0 Å². The lowest BCUT2D eigenvalue weighted by Gasteiger charge is -2.23. The van der Waals surface area contributed by atoms with Crippen LogP contribution in [0.3, 0.4) is 0 Å². The van der Waals surface area contributed by atoms with Crippen molar-refractivity contribution in [3.8, 4) is 0 Å². The Labute approximate surface area is 132 Å². The molecule has 0 spiro atoms. The van der Waals surface area contributed by atoms with E-state index in [1.807, 2.05) is 18.0 Å². The minimum atomic E-state index is 0.686. The van der Waals surface area contributed by atoms with Crippen LogP contribution in [-0.2, 0) is 6.54 Å². The van der Waals surface area contributed by atoms with Crippen LogP contribution in [-0.4, -0.2) is 35.3 Å². The summed E-state index contributed by atoms with van der Waals surface area (Å²) in [4.78, 5) is 9.09. The van der Waals surface area contributed by atoms with E-state index in [2.05, 4.69) is 39.4 Å². The molecule has 1 aliphatic rings. The smallest absolute Gasteiger partial charge is 0.247 e. The molecule has 5 nitrogen and oxygen atoms in total. The van der Waals surface area contributed by atoms with E-state index in [1.165, 1.54) is 31.2 Å². The molecule has 1 aromatic heterocycles. The van der Waals surface area contributed by atoms with Crippen LogP contribution in [0.5, 0.6) is 0 Å². The highest BCUT2D eigenvalue weighted by atomic mass is 15.3. The van der Waals surface area contributed by atoms with E-state index >= 15 is 0 Å². The van der Waals surface area contributed by atoms with Crippen LogP contribution in [0.1, 0.15) is 31.2 Å². The van der Waals surface area contributed by atoms with Gasteiger partial charge in [0.15, 0.2) is 5.82 Å². The Bertz CT molecular complexity index is 579. The third-order valence-corrected chi connectivity index (χ3v) is 4.07. The standard InChI is InChI=1S/C17H23N5/c1-21(14-15-9-5-4-6-10-15)17-19-16(13-18-20-17)22-11-7-2-3-8-12-22/h4-6,9-10,13H,2-3,7-8,11-12,14H2,1H3. The lowest BCUT2D eigenvalue weighted by Crippen LogP contribution is -2.27. The molecule has 0 unspecified atom stereocenters. The molecule has 5 heteroatoms. The monoisotopic (exact) mass is 297 g/mol. The van der Waals surface area contributed by atoms with Crippen molar-refractivity contribution in [1.82, 2.24) is 15.2 Å². The van der Waals surface area contributed by atoms with E-state index in [9.17, 15) is 0 Å². The molecule has 0 radical (unpaired) electrons. The van der Waals surface area contributed by atoms with Crippen molar-refractivity contribution in [1.29, 1.82) is 0 Å². The number of hydrogen-bond acceptors (Lipinski definition) is 5. The first-order valence-electron chi connectivity index (χ1n) is 8.03. The van der Waals surface area contributed by atoms with Crippen molar-refractivity contribution in [2.24, 2.45) is 0 Å². The number of anilines is 2. The average Bonchev–Trinajstić information content (AvgIpc) is 2.85. The van der Waals surface area contributed by atoms with Crippen molar-refractivity contribution in [2.45, 2.75) is 32.2 Å². The van der Waals surface area contributed by atoms with E-state index in [0.29, 0.717) is 5.95 Å². The Morgan fingerprint density at radius 3 is 2.50 bits per heavy atom. The zero-order chi connectivity index (χ0) is 15.2. The maximum atomic E-state index is 4.71. The molecule has 1 aromatic carbocycles. The normalized spacial score (nSPS) is 15.4. The molecule has 0 saturated carbocycles. The second-order valence-electron chi connectivity index (χ2n) is 5.86. The fraction of sp³-hybridized carbons (Fsp3) is 0.471. The second-order valence-corrected chi connectivity index (χ2v) is 5.86. The first-order valence-corrected chi connectivity index (χ1v) is 8.03. The number of aromatic nitrogens is 3. The third kappa shape index (κ3) is 3.72. The minimum absolute atomic E-state index is 0.686. The molecule has 1 saturated heterocycles. The van der Waals surface area contributed by atoms with E-state index < -0.39 is 0 Å². The Morgan fingerprint density at radius 2 is 1.77 bits per heavy atom. The van der Waals surface area contributed by atoms with Gasteiger partial charge >= 0.3 is 0 Å². The van der Waals surface area contributed by atoms with Crippen molar-refractivity contribution >= 4 is 11.8 Å². The van der Waals surface area contributed by atoms with E-state index in [0.717, 1.165) is 25.5 Å². The van der Waals surface area contributed by atoms with E-state index in [4.69, 9.17) is 4.98 Å². The third-order valence-electron chi connectivity index (χ3n) is 4.07. The molecule has 1 aliphatic heterocycles. The Kier molecular flexibility index (Phi) is 4.83. The molecule has 2 heterocycles. The summed E-state index contributed by atoms with van der Waals surface area (Å²) >= 11 is 0. The minimum Gasteiger partial charge on any atom is -0.355 e. The molecule has 2 aromatic rings. The van der Waals surface area contributed by atoms with Crippen LogP contribution in [0, 0.1) is 0 Å². The molecule has 0 atom stereocenters. The van der Waals surface area contributed by atoms with Gasteiger partial charge in [0.25, 0.3) is 0 Å². The first kappa shape index (κ1) is 14.8. The van der Waals surface area contributed by atoms with Gasteiger partial charge in [0.1, 0.15) is 0 Å². The van der Waals surface area contributed by atoms with Crippen LogP contribution in [0.25, 0.3) is 0 Å². The van der Waals surface area contributed by atoms with Crippen LogP contribution in [0.4, 0.5) is 11.8 Å². The van der Waals surface area contributed by atoms with Gasteiger partial charge in [0.05, 0.1) is 6.20 Å². The second kappa shape index (κ2) is 7.20. The van der Waals surface area contributed by atoms with Crippen LogP contribution in [0.15, 0.2) is 36.5 Å². The predicted molar refractivity (Wildman–Crippen MR) is 89.1 cm³/mol. The Hall–Kier alpha value is -2.17. The van der Waals surface area contributed by atoms with Crippen LogP contribution in [0.2, 0.25) is 0 Å². The molecule has 22 heavy (non-hydrogen) atoms. The van der Waals surface area contributed by atoms with Crippen LogP contribution >= 0.6 is 0 Å². The largest absolute Gasteiger partial charge is 0.355 e. The summed E-state index contributed by atoms with van der Waals surface area (Å²) in [5, 5.41) is 8.35. The lowest BCUT2D eigenvalue weighted by atomic mass is 10.2. The molecule has 0 bridgehead atoms.